The van der Waals surface area contributed by atoms with Crippen LogP contribution in [0, 0.1) is 0 Å². The van der Waals surface area contributed by atoms with E-state index in [-0.39, 0.29) is 46.8 Å². The fourth-order valence-electron chi connectivity index (χ4n) is 3.52. The number of fused-ring (bicyclic) bond motifs is 1. The molecule has 35 heavy (non-hydrogen) atoms. The minimum absolute atomic E-state index is 0. The molecule has 1 amide bonds. The average molecular weight is 533 g/mol. The van der Waals surface area contributed by atoms with Crippen molar-refractivity contribution in [2.24, 2.45) is 0 Å². The number of rotatable bonds is 9. The maximum absolute atomic E-state index is 12.7. The summed E-state index contributed by atoms with van der Waals surface area (Å²) in [6.45, 7) is 1.69. The fraction of sp³-hybridized carbons (Fsp3) is 0.381. The van der Waals surface area contributed by atoms with Crippen molar-refractivity contribution in [3.05, 3.63) is 41.9 Å². The monoisotopic (exact) mass is 532 g/mol. The number of carboxylic acid groups (broad SMARTS) is 1. The van der Waals surface area contributed by atoms with Crippen molar-refractivity contribution >= 4 is 45.0 Å². The van der Waals surface area contributed by atoms with E-state index in [9.17, 15) is 27.7 Å². The van der Waals surface area contributed by atoms with Crippen LogP contribution in [0.15, 0.2) is 41.9 Å². The Labute approximate surface area is 231 Å². The van der Waals surface area contributed by atoms with Gasteiger partial charge in [-0.05, 0) is 50.2 Å². The van der Waals surface area contributed by atoms with Gasteiger partial charge in [-0.3, -0.25) is 9.69 Å². The van der Waals surface area contributed by atoms with E-state index in [0.717, 1.165) is 4.90 Å². The summed E-state index contributed by atoms with van der Waals surface area (Å²) in [5, 5.41) is 11.5. The third-order valence-corrected chi connectivity index (χ3v) is 6.61. The van der Waals surface area contributed by atoms with E-state index in [1.54, 1.807) is 23.1 Å². The van der Waals surface area contributed by atoms with Crippen molar-refractivity contribution in [2.75, 3.05) is 31.4 Å². The van der Waals surface area contributed by atoms with Crippen LogP contribution >= 0.6 is 12.2 Å². The molecule has 1 aromatic rings. The third kappa shape index (κ3) is 6.54. The van der Waals surface area contributed by atoms with Gasteiger partial charge in [0, 0.05) is 31.5 Å². The van der Waals surface area contributed by atoms with Crippen LogP contribution in [0.2, 0.25) is 0 Å². The second-order valence-electron chi connectivity index (χ2n) is 7.62. The Bertz CT molecular complexity index is 1190. The Morgan fingerprint density at radius 3 is 2.57 bits per heavy atom. The van der Waals surface area contributed by atoms with Crippen molar-refractivity contribution in [1.82, 2.24) is 9.80 Å². The van der Waals surface area contributed by atoms with Crippen molar-refractivity contribution < 1.29 is 66.7 Å². The summed E-state index contributed by atoms with van der Waals surface area (Å²) in [7, 11) is -1.36. The van der Waals surface area contributed by atoms with Gasteiger partial charge in [-0.2, -0.15) is 0 Å². The van der Waals surface area contributed by atoms with Crippen molar-refractivity contribution in [1.29, 1.82) is 0 Å². The predicted molar refractivity (Wildman–Crippen MR) is 123 cm³/mol. The zero-order valence-corrected chi connectivity index (χ0v) is 23.3. The molecule has 1 aromatic carbocycles. The molecule has 184 valence electrons. The van der Waals surface area contributed by atoms with Crippen LogP contribution in [0.4, 0.5) is 5.69 Å². The molecule has 0 aliphatic carbocycles. The van der Waals surface area contributed by atoms with Gasteiger partial charge in [-0.15, -0.1) is 0 Å². The van der Waals surface area contributed by atoms with Gasteiger partial charge in [-0.25, -0.2) is 8.42 Å². The van der Waals surface area contributed by atoms with Crippen molar-refractivity contribution in [3.8, 4) is 11.5 Å². The summed E-state index contributed by atoms with van der Waals surface area (Å²) in [6.07, 6.45) is 3.45. The second kappa shape index (κ2) is 11.7. The van der Waals surface area contributed by atoms with Crippen molar-refractivity contribution in [3.63, 3.8) is 0 Å². The number of carbonyl (C=O) groups excluding carboxylic acids is 2. The quantitative estimate of drug-likeness (QED) is 0.107. The van der Waals surface area contributed by atoms with Gasteiger partial charge < -0.3 is 33.7 Å². The molecule has 0 bridgehead atoms. The molecule has 0 N–H and O–H groups in total. The van der Waals surface area contributed by atoms with Gasteiger partial charge >= 0.3 is 29.6 Å². The predicted octanol–water partition coefficient (Wildman–Crippen LogP) is -2.85. The summed E-state index contributed by atoms with van der Waals surface area (Å²) in [5.41, 5.74) is 0.715. The number of thiocarbonyl (C=S) groups is 1. The SMILES string of the molecule is COc1ccc2c(c1)OC(=CC=C1C(=O)N(C)C(=S)N1C(C)C(=O)[O-])N2CCCCS(=O)(=O)[O-].[Na+]. The number of methoxy groups -OCH3 is 1. The molecular weight excluding hydrogens is 509 g/mol. The van der Waals surface area contributed by atoms with Crippen LogP contribution in [0.1, 0.15) is 19.8 Å². The average Bonchev–Trinajstić information content (AvgIpc) is 3.22. The van der Waals surface area contributed by atoms with Crippen LogP contribution in [0.5, 0.6) is 11.5 Å². The number of unbranched alkanes of at least 4 members (excludes halogenated alkanes) is 1. The topological polar surface area (TPSA) is 143 Å². The zero-order chi connectivity index (χ0) is 25.2. The zero-order valence-electron chi connectivity index (χ0n) is 19.7. The minimum Gasteiger partial charge on any atom is -0.748 e. The Balaban J connectivity index is 0.00000432. The number of benzene rings is 1. The third-order valence-electron chi connectivity index (χ3n) is 5.35. The van der Waals surface area contributed by atoms with Crippen LogP contribution < -0.4 is 49.0 Å². The maximum atomic E-state index is 12.7. The van der Waals surface area contributed by atoms with E-state index in [0.29, 0.717) is 36.0 Å². The number of hydrogen-bond acceptors (Lipinski definition) is 10. The Morgan fingerprint density at radius 2 is 1.97 bits per heavy atom. The first kappa shape index (κ1) is 29.1. The van der Waals surface area contributed by atoms with Gasteiger partial charge in [0.15, 0.2) is 10.9 Å². The number of nitrogens with zero attached hydrogens (tertiary/aromatic N) is 3. The molecule has 1 saturated heterocycles. The molecule has 1 unspecified atom stereocenters. The van der Waals surface area contributed by atoms with Gasteiger partial charge in [0.2, 0.25) is 5.88 Å². The molecule has 3 rings (SSSR count). The van der Waals surface area contributed by atoms with Gasteiger partial charge in [-0.1, -0.05) is 0 Å². The summed E-state index contributed by atoms with van der Waals surface area (Å²) in [5.74, 6) is -1.01. The molecule has 0 aromatic heterocycles. The molecule has 14 heteroatoms. The fourth-order valence-corrected chi connectivity index (χ4v) is 4.42. The molecule has 0 radical (unpaired) electrons. The molecule has 1 atom stereocenters. The Morgan fingerprint density at radius 1 is 1.29 bits per heavy atom. The number of ether oxygens (including phenoxy) is 2. The number of allylic oxidation sites excluding steroid dienone is 2. The molecule has 2 heterocycles. The standard InChI is InChI=1S/C21H25N3O8S2.Na/c1-13(20(26)27)24-16(19(25)22(2)21(24)33)8-9-18-23(10-4-5-11-34(28,29)30)15-7-6-14(31-3)12-17(15)32-18;/h6-9,12-13H,4-5,10-11H2,1-3H3,(H,26,27)(H,28,29,30);/q;+1/p-2. The number of likely N-dealkylation sites (N-methyl/N-ethyl adjacent to an activating group) is 1. The number of anilines is 1. The Kier molecular flexibility index (Phi) is 9.73. The number of aliphatic carboxylic acids is 1. The summed E-state index contributed by atoms with van der Waals surface area (Å²) in [4.78, 5) is 28.2. The molecule has 0 saturated carbocycles. The van der Waals surface area contributed by atoms with Gasteiger partial charge in [0.1, 0.15) is 11.4 Å². The van der Waals surface area contributed by atoms with Crippen LogP contribution in [-0.4, -0.2) is 72.3 Å². The van der Waals surface area contributed by atoms with E-state index < -0.39 is 33.8 Å². The van der Waals surface area contributed by atoms with Gasteiger partial charge in [0.05, 0.1) is 34.9 Å². The number of carbonyl (C=O) groups is 2. The first-order valence-corrected chi connectivity index (χ1v) is 12.2. The van der Waals surface area contributed by atoms with Crippen LogP contribution in [0.3, 0.4) is 0 Å². The molecule has 0 spiro atoms. The van der Waals surface area contributed by atoms with Crippen LogP contribution in [0.25, 0.3) is 0 Å². The normalized spacial score (nSPS) is 18.6. The molecule has 11 nitrogen and oxygen atoms in total. The van der Waals surface area contributed by atoms with Gasteiger partial charge in [0.25, 0.3) is 5.91 Å². The summed E-state index contributed by atoms with van der Waals surface area (Å²) < 4.78 is 43.9. The first-order valence-electron chi connectivity index (χ1n) is 10.3. The molecular formula is C21H23N3NaO8S2-. The van der Waals surface area contributed by atoms with Crippen molar-refractivity contribution in [2.45, 2.75) is 25.8 Å². The van der Waals surface area contributed by atoms with E-state index >= 15 is 0 Å². The molecule has 1 fully saturated rings. The maximum Gasteiger partial charge on any atom is 1.00 e. The van der Waals surface area contributed by atoms with E-state index in [1.165, 1.54) is 38.1 Å². The summed E-state index contributed by atoms with van der Waals surface area (Å²) >= 11 is 5.22. The smallest absolute Gasteiger partial charge is 0.748 e. The number of hydrogen-bond donors (Lipinski definition) is 0. The van der Waals surface area contributed by atoms with E-state index in [1.807, 2.05) is 0 Å². The first-order chi connectivity index (χ1) is 15.9. The molecule has 2 aliphatic heterocycles. The van der Waals surface area contributed by atoms with Crippen LogP contribution in [-0.2, 0) is 19.7 Å². The Hall–Kier alpha value is -2.16. The second-order valence-corrected chi connectivity index (χ2v) is 9.51. The minimum atomic E-state index is -4.32. The van der Waals surface area contributed by atoms with E-state index in [2.05, 4.69) is 0 Å². The largest absolute Gasteiger partial charge is 1.00 e. The summed E-state index contributed by atoms with van der Waals surface area (Å²) in [6, 6.07) is 3.99. The molecule has 2 aliphatic rings. The number of carboxylic acids is 1. The number of amides is 1. The van der Waals surface area contributed by atoms with E-state index in [4.69, 9.17) is 21.7 Å².